The maximum atomic E-state index is 10.6. The number of carboxylic acid groups (broad SMARTS) is 2. The zero-order valence-corrected chi connectivity index (χ0v) is 9.06. The zero-order chi connectivity index (χ0) is 12.1. The minimum Gasteiger partial charge on any atom is -0.480 e. The summed E-state index contributed by atoms with van der Waals surface area (Å²) in [4.78, 5) is 21.3. The molecule has 0 aromatic rings. The van der Waals surface area contributed by atoms with Gasteiger partial charge in [-0.05, 0) is 25.7 Å². The maximum Gasteiger partial charge on any atom is 0.321 e. The van der Waals surface area contributed by atoms with E-state index in [2.05, 4.69) is 0 Å². The quantitative estimate of drug-likeness (QED) is 0.613. The molecule has 1 aliphatic rings. The molecular weight excluding hydrogens is 200 g/mol. The van der Waals surface area contributed by atoms with Crippen molar-refractivity contribution in [3.05, 3.63) is 0 Å². The molecule has 15 heavy (non-hydrogen) atoms. The number of carbonyl (C=O) groups is 2. The first-order chi connectivity index (χ1) is 6.94. The minimum absolute atomic E-state index is 0.250. The number of aliphatic hydroxyl groups is 1. The lowest BCUT2D eigenvalue weighted by Gasteiger charge is -2.40. The molecule has 0 saturated heterocycles. The van der Waals surface area contributed by atoms with E-state index in [4.69, 9.17) is 15.3 Å². The van der Waals surface area contributed by atoms with Gasteiger partial charge in [-0.25, -0.2) is 0 Å². The molecule has 0 bridgehead atoms. The fourth-order valence-electron chi connectivity index (χ4n) is 1.66. The van der Waals surface area contributed by atoms with Crippen molar-refractivity contribution in [1.82, 2.24) is 0 Å². The van der Waals surface area contributed by atoms with Gasteiger partial charge in [0.1, 0.15) is 0 Å². The Balaban J connectivity index is 0.000000583. The van der Waals surface area contributed by atoms with Crippen LogP contribution in [0.3, 0.4) is 0 Å². The van der Waals surface area contributed by atoms with Crippen molar-refractivity contribution >= 4 is 11.9 Å². The van der Waals surface area contributed by atoms with E-state index in [9.17, 15) is 9.59 Å². The highest BCUT2D eigenvalue weighted by atomic mass is 16.4. The molecule has 0 aromatic carbocycles. The number of carboxylic acids is 2. The average Bonchev–Trinajstić information content (AvgIpc) is 2.02. The van der Waals surface area contributed by atoms with Crippen LogP contribution in [0.15, 0.2) is 0 Å². The standard InChI is InChI=1S/C8H12O4.C2H6O/c1-2-5-3-8(4-5,6(9)10)7(11)12;1-2-3/h5H,2-4H2,1H3,(H,9,10)(H,11,12);3H,2H2,1H3. The van der Waals surface area contributed by atoms with Crippen molar-refractivity contribution < 1.29 is 24.9 Å². The van der Waals surface area contributed by atoms with Gasteiger partial charge in [-0.3, -0.25) is 9.59 Å². The summed E-state index contributed by atoms with van der Waals surface area (Å²) in [5.74, 6) is -2.11. The van der Waals surface area contributed by atoms with Crippen molar-refractivity contribution in [2.75, 3.05) is 6.61 Å². The largest absolute Gasteiger partial charge is 0.480 e. The SMILES string of the molecule is CCC1CC(C(=O)O)(C(=O)O)C1.CCO. The van der Waals surface area contributed by atoms with Gasteiger partial charge in [0.2, 0.25) is 0 Å². The lowest BCUT2D eigenvalue weighted by atomic mass is 9.61. The van der Waals surface area contributed by atoms with Crippen LogP contribution in [0.2, 0.25) is 0 Å². The molecule has 3 N–H and O–H groups in total. The molecule has 0 atom stereocenters. The molecule has 0 amide bonds. The van der Waals surface area contributed by atoms with Gasteiger partial charge in [0.15, 0.2) is 5.41 Å². The van der Waals surface area contributed by atoms with Gasteiger partial charge in [0.25, 0.3) is 0 Å². The van der Waals surface area contributed by atoms with Crippen LogP contribution in [0.4, 0.5) is 0 Å². The second-order valence-corrected chi connectivity index (χ2v) is 3.69. The topological polar surface area (TPSA) is 94.8 Å². The molecule has 0 spiro atoms. The van der Waals surface area contributed by atoms with Crippen LogP contribution < -0.4 is 0 Å². The average molecular weight is 218 g/mol. The van der Waals surface area contributed by atoms with Crippen LogP contribution in [0.25, 0.3) is 0 Å². The molecule has 1 rings (SSSR count). The smallest absolute Gasteiger partial charge is 0.321 e. The van der Waals surface area contributed by atoms with Crippen LogP contribution in [0.5, 0.6) is 0 Å². The molecule has 0 unspecified atom stereocenters. The van der Waals surface area contributed by atoms with Crippen LogP contribution in [0.1, 0.15) is 33.1 Å². The molecule has 0 radical (unpaired) electrons. The Labute approximate surface area is 88.7 Å². The second kappa shape index (κ2) is 5.70. The first kappa shape index (κ1) is 13.9. The number of hydrogen-bond donors (Lipinski definition) is 3. The third kappa shape index (κ3) is 2.92. The Morgan fingerprint density at radius 1 is 1.20 bits per heavy atom. The molecule has 1 saturated carbocycles. The summed E-state index contributed by atoms with van der Waals surface area (Å²) in [6, 6.07) is 0. The lowest BCUT2D eigenvalue weighted by molar-refractivity contribution is -0.175. The van der Waals surface area contributed by atoms with Gasteiger partial charge in [-0.2, -0.15) is 0 Å². The Morgan fingerprint density at radius 2 is 1.53 bits per heavy atom. The van der Waals surface area contributed by atoms with E-state index in [-0.39, 0.29) is 25.4 Å². The summed E-state index contributed by atoms with van der Waals surface area (Å²) >= 11 is 0. The number of aliphatic carboxylic acids is 2. The van der Waals surface area contributed by atoms with Gasteiger partial charge in [-0.1, -0.05) is 13.3 Å². The molecule has 5 heteroatoms. The Morgan fingerprint density at radius 3 is 1.73 bits per heavy atom. The van der Waals surface area contributed by atoms with E-state index < -0.39 is 17.4 Å². The molecule has 0 aliphatic heterocycles. The number of rotatable bonds is 3. The highest BCUT2D eigenvalue weighted by Gasteiger charge is 2.55. The Bertz CT molecular complexity index is 214. The van der Waals surface area contributed by atoms with Crippen LogP contribution in [-0.4, -0.2) is 33.9 Å². The first-order valence-electron chi connectivity index (χ1n) is 5.02. The van der Waals surface area contributed by atoms with Crippen molar-refractivity contribution in [3.63, 3.8) is 0 Å². The molecule has 5 nitrogen and oxygen atoms in total. The van der Waals surface area contributed by atoms with E-state index in [1.54, 1.807) is 6.92 Å². The number of aliphatic hydroxyl groups excluding tert-OH is 1. The predicted molar refractivity (Wildman–Crippen MR) is 53.5 cm³/mol. The minimum atomic E-state index is -1.47. The van der Waals surface area contributed by atoms with Gasteiger partial charge in [0.05, 0.1) is 0 Å². The molecular formula is C10H18O5. The first-order valence-corrected chi connectivity index (χ1v) is 5.02. The highest BCUT2D eigenvalue weighted by molar-refractivity contribution is 5.99. The third-order valence-electron chi connectivity index (χ3n) is 2.67. The maximum absolute atomic E-state index is 10.6. The monoisotopic (exact) mass is 218 g/mol. The molecule has 88 valence electrons. The van der Waals surface area contributed by atoms with Gasteiger partial charge < -0.3 is 15.3 Å². The molecule has 1 fully saturated rings. The zero-order valence-electron chi connectivity index (χ0n) is 9.06. The van der Waals surface area contributed by atoms with Crippen molar-refractivity contribution in [2.45, 2.75) is 33.1 Å². The van der Waals surface area contributed by atoms with Crippen LogP contribution in [0, 0.1) is 11.3 Å². The third-order valence-corrected chi connectivity index (χ3v) is 2.67. The summed E-state index contributed by atoms with van der Waals surface area (Å²) in [5.41, 5.74) is -1.47. The van der Waals surface area contributed by atoms with Gasteiger partial charge >= 0.3 is 11.9 Å². The summed E-state index contributed by atoms with van der Waals surface area (Å²) < 4.78 is 0. The van der Waals surface area contributed by atoms with Crippen LogP contribution in [-0.2, 0) is 9.59 Å². The van der Waals surface area contributed by atoms with E-state index in [1.807, 2.05) is 6.92 Å². The fourth-order valence-corrected chi connectivity index (χ4v) is 1.66. The van der Waals surface area contributed by atoms with E-state index >= 15 is 0 Å². The molecule has 0 heterocycles. The van der Waals surface area contributed by atoms with Gasteiger partial charge in [-0.15, -0.1) is 0 Å². The van der Waals surface area contributed by atoms with Gasteiger partial charge in [0, 0.05) is 6.61 Å². The fraction of sp³-hybridized carbons (Fsp3) is 0.800. The Kier molecular flexibility index (Phi) is 5.28. The number of hydrogen-bond acceptors (Lipinski definition) is 3. The van der Waals surface area contributed by atoms with Crippen molar-refractivity contribution in [3.8, 4) is 0 Å². The summed E-state index contributed by atoms with van der Waals surface area (Å²) in [5, 5.41) is 24.9. The van der Waals surface area contributed by atoms with Crippen molar-refractivity contribution in [1.29, 1.82) is 0 Å². The second-order valence-electron chi connectivity index (χ2n) is 3.69. The van der Waals surface area contributed by atoms with Crippen LogP contribution >= 0.6 is 0 Å². The summed E-state index contributed by atoms with van der Waals surface area (Å²) in [7, 11) is 0. The van der Waals surface area contributed by atoms with E-state index in [0.29, 0.717) is 0 Å². The summed E-state index contributed by atoms with van der Waals surface area (Å²) in [6.07, 6.45) is 1.44. The molecule has 0 aromatic heterocycles. The van der Waals surface area contributed by atoms with E-state index in [1.165, 1.54) is 0 Å². The molecule has 1 aliphatic carbocycles. The normalized spacial score (nSPS) is 18.3. The van der Waals surface area contributed by atoms with E-state index in [0.717, 1.165) is 6.42 Å². The predicted octanol–water partition coefficient (Wildman–Crippen LogP) is 0.961. The summed E-state index contributed by atoms with van der Waals surface area (Å²) in [6.45, 7) is 3.87. The lowest BCUT2D eigenvalue weighted by Crippen LogP contribution is -2.49. The van der Waals surface area contributed by atoms with Crippen molar-refractivity contribution in [2.24, 2.45) is 11.3 Å². The Hall–Kier alpha value is -1.10. The highest BCUT2D eigenvalue weighted by Crippen LogP contribution is 2.47.